The average Bonchev–Trinajstić information content (AvgIpc) is 2.21. The molecule has 1 radical (unpaired) electrons. The summed E-state index contributed by atoms with van der Waals surface area (Å²) < 4.78 is 10.4. The molecule has 0 amide bonds. The van der Waals surface area contributed by atoms with E-state index < -0.39 is 9.28 Å². The van der Waals surface area contributed by atoms with Crippen LogP contribution in [-0.2, 0) is 8.85 Å². The molecule has 0 saturated carbocycles. The van der Waals surface area contributed by atoms with Crippen molar-refractivity contribution in [1.29, 1.82) is 0 Å². The van der Waals surface area contributed by atoms with E-state index in [1.807, 2.05) is 30.3 Å². The normalized spacial score (nSPS) is 10.4. The van der Waals surface area contributed by atoms with E-state index in [1.165, 1.54) is 0 Å². The Labute approximate surface area is 80.7 Å². The molecule has 0 unspecified atom stereocenters. The average molecular weight is 193 g/mol. The van der Waals surface area contributed by atoms with Crippen LogP contribution in [0.5, 0.6) is 0 Å². The Balaban J connectivity index is 2.83. The van der Waals surface area contributed by atoms with Crippen LogP contribution in [0.1, 0.15) is 5.56 Å². The van der Waals surface area contributed by atoms with Crippen LogP contribution >= 0.6 is 0 Å². The molecule has 0 aliphatic heterocycles. The molecular weight excluding hydrogens is 180 g/mol. The van der Waals surface area contributed by atoms with Crippen LogP contribution in [-0.4, -0.2) is 23.5 Å². The van der Waals surface area contributed by atoms with E-state index in [0.717, 1.165) is 10.8 Å². The SMILES string of the molecule is C=Cc1ccc([Si](OC)OC)cc1. The first-order valence-electron chi connectivity index (χ1n) is 3.99. The molecule has 0 fully saturated rings. The van der Waals surface area contributed by atoms with E-state index in [-0.39, 0.29) is 0 Å². The van der Waals surface area contributed by atoms with Gasteiger partial charge in [-0.2, -0.15) is 0 Å². The van der Waals surface area contributed by atoms with Crippen LogP contribution < -0.4 is 5.19 Å². The second-order valence-electron chi connectivity index (χ2n) is 2.52. The van der Waals surface area contributed by atoms with Crippen molar-refractivity contribution in [3.63, 3.8) is 0 Å². The first-order chi connectivity index (χ1) is 6.31. The van der Waals surface area contributed by atoms with Gasteiger partial charge >= 0.3 is 9.28 Å². The molecule has 1 rings (SSSR count). The van der Waals surface area contributed by atoms with Crippen molar-refractivity contribution in [3.05, 3.63) is 36.4 Å². The zero-order valence-electron chi connectivity index (χ0n) is 7.91. The lowest BCUT2D eigenvalue weighted by Crippen LogP contribution is -2.34. The molecule has 0 bridgehead atoms. The van der Waals surface area contributed by atoms with E-state index in [2.05, 4.69) is 6.58 Å². The van der Waals surface area contributed by atoms with Gasteiger partial charge < -0.3 is 8.85 Å². The fraction of sp³-hybridized carbons (Fsp3) is 0.200. The largest absolute Gasteiger partial charge is 0.423 e. The molecule has 0 atom stereocenters. The minimum Gasteiger partial charge on any atom is -0.393 e. The van der Waals surface area contributed by atoms with Gasteiger partial charge in [0.05, 0.1) is 0 Å². The highest BCUT2D eigenvalue weighted by Gasteiger charge is 2.14. The maximum atomic E-state index is 5.21. The zero-order chi connectivity index (χ0) is 9.68. The third kappa shape index (κ3) is 2.52. The summed E-state index contributed by atoms with van der Waals surface area (Å²) in [6, 6.07) is 8.03. The van der Waals surface area contributed by atoms with Gasteiger partial charge in [0.15, 0.2) is 0 Å². The van der Waals surface area contributed by atoms with Crippen LogP contribution in [0.3, 0.4) is 0 Å². The van der Waals surface area contributed by atoms with E-state index in [0.29, 0.717) is 0 Å². The lowest BCUT2D eigenvalue weighted by Gasteiger charge is -2.08. The van der Waals surface area contributed by atoms with Crippen molar-refractivity contribution in [1.82, 2.24) is 0 Å². The van der Waals surface area contributed by atoms with Crippen LogP contribution in [0.25, 0.3) is 6.08 Å². The highest BCUT2D eigenvalue weighted by Crippen LogP contribution is 1.99. The number of hydrogen-bond donors (Lipinski definition) is 0. The fourth-order valence-corrected chi connectivity index (χ4v) is 2.15. The summed E-state index contributed by atoms with van der Waals surface area (Å²) in [5.41, 5.74) is 1.11. The van der Waals surface area contributed by atoms with Gasteiger partial charge in [-0.05, 0) is 10.8 Å². The van der Waals surface area contributed by atoms with Gasteiger partial charge in [0.1, 0.15) is 0 Å². The molecular formula is C10H13O2Si. The second kappa shape index (κ2) is 4.96. The second-order valence-corrected chi connectivity index (χ2v) is 4.49. The Morgan fingerprint density at radius 3 is 2.08 bits per heavy atom. The van der Waals surface area contributed by atoms with Gasteiger partial charge in [0.2, 0.25) is 0 Å². The number of hydrogen-bond acceptors (Lipinski definition) is 2. The van der Waals surface area contributed by atoms with Crippen molar-refractivity contribution in [2.45, 2.75) is 0 Å². The Hall–Kier alpha value is -0.903. The van der Waals surface area contributed by atoms with E-state index in [1.54, 1.807) is 14.2 Å². The fourth-order valence-electron chi connectivity index (χ4n) is 1.07. The van der Waals surface area contributed by atoms with Crippen LogP contribution in [0.4, 0.5) is 0 Å². The molecule has 1 aromatic carbocycles. The van der Waals surface area contributed by atoms with Crippen molar-refractivity contribution >= 4 is 20.5 Å². The lowest BCUT2D eigenvalue weighted by molar-refractivity contribution is 0.292. The van der Waals surface area contributed by atoms with Gasteiger partial charge in [0.25, 0.3) is 0 Å². The molecule has 0 aromatic heterocycles. The Bertz CT molecular complexity index is 265. The topological polar surface area (TPSA) is 18.5 Å². The highest BCUT2D eigenvalue weighted by molar-refractivity contribution is 6.61. The van der Waals surface area contributed by atoms with Crippen LogP contribution in [0.2, 0.25) is 0 Å². The third-order valence-corrected chi connectivity index (χ3v) is 3.30. The van der Waals surface area contributed by atoms with E-state index in [4.69, 9.17) is 8.85 Å². The van der Waals surface area contributed by atoms with Gasteiger partial charge in [-0.1, -0.05) is 36.9 Å². The maximum Gasteiger partial charge on any atom is 0.423 e. The van der Waals surface area contributed by atoms with Crippen molar-refractivity contribution in [3.8, 4) is 0 Å². The minimum absolute atomic E-state index is 1.11. The van der Waals surface area contributed by atoms with Crippen molar-refractivity contribution in [2.75, 3.05) is 14.2 Å². The molecule has 69 valence electrons. The van der Waals surface area contributed by atoms with Crippen molar-refractivity contribution < 1.29 is 8.85 Å². The standard InChI is InChI=1S/C10H13O2Si/c1-4-9-5-7-10(8-6-9)13(11-2)12-3/h4-8H,1H2,2-3H3. The Morgan fingerprint density at radius 1 is 1.15 bits per heavy atom. The summed E-state index contributed by atoms with van der Waals surface area (Å²) in [6.07, 6.45) is 1.82. The smallest absolute Gasteiger partial charge is 0.393 e. The molecule has 0 saturated heterocycles. The molecule has 0 aliphatic rings. The molecule has 0 N–H and O–H groups in total. The quantitative estimate of drug-likeness (QED) is 0.671. The van der Waals surface area contributed by atoms with E-state index >= 15 is 0 Å². The summed E-state index contributed by atoms with van der Waals surface area (Å²) in [5.74, 6) is 0. The molecule has 2 nitrogen and oxygen atoms in total. The molecule has 0 spiro atoms. The first-order valence-corrected chi connectivity index (χ1v) is 5.31. The van der Waals surface area contributed by atoms with E-state index in [9.17, 15) is 0 Å². The summed E-state index contributed by atoms with van der Waals surface area (Å²) in [7, 11) is 2.07. The predicted molar refractivity (Wildman–Crippen MR) is 55.9 cm³/mol. The molecule has 13 heavy (non-hydrogen) atoms. The third-order valence-electron chi connectivity index (χ3n) is 1.75. The van der Waals surface area contributed by atoms with Gasteiger partial charge in [0, 0.05) is 14.2 Å². The highest BCUT2D eigenvalue weighted by atomic mass is 28.3. The summed E-state index contributed by atoms with van der Waals surface area (Å²) in [6.45, 7) is 3.69. The first kappa shape index (κ1) is 10.2. The summed E-state index contributed by atoms with van der Waals surface area (Å²) >= 11 is 0. The lowest BCUT2D eigenvalue weighted by atomic mass is 10.2. The van der Waals surface area contributed by atoms with Crippen molar-refractivity contribution in [2.24, 2.45) is 0 Å². The zero-order valence-corrected chi connectivity index (χ0v) is 8.91. The summed E-state index contributed by atoms with van der Waals surface area (Å²) in [4.78, 5) is 0. The molecule has 0 heterocycles. The monoisotopic (exact) mass is 193 g/mol. The van der Waals surface area contributed by atoms with Crippen LogP contribution in [0.15, 0.2) is 30.8 Å². The van der Waals surface area contributed by atoms with Gasteiger partial charge in [-0.15, -0.1) is 0 Å². The molecule has 1 aromatic rings. The van der Waals surface area contributed by atoms with Gasteiger partial charge in [-0.3, -0.25) is 0 Å². The number of rotatable bonds is 4. The maximum absolute atomic E-state index is 5.21. The van der Waals surface area contributed by atoms with Gasteiger partial charge in [-0.25, -0.2) is 0 Å². The Morgan fingerprint density at radius 2 is 1.69 bits per heavy atom. The molecule has 0 aliphatic carbocycles. The predicted octanol–water partition coefficient (Wildman–Crippen LogP) is 1.32. The minimum atomic E-state index is -1.26. The summed E-state index contributed by atoms with van der Waals surface area (Å²) in [5, 5.41) is 1.11. The molecule has 3 heteroatoms. The van der Waals surface area contributed by atoms with Crippen LogP contribution in [0, 0.1) is 0 Å². The number of benzene rings is 1. The Kier molecular flexibility index (Phi) is 3.89.